The minimum absolute atomic E-state index is 0.127. The predicted octanol–water partition coefficient (Wildman–Crippen LogP) is 3.51. The minimum atomic E-state index is -0.637. The quantitative estimate of drug-likeness (QED) is 0.853. The lowest BCUT2D eigenvalue weighted by Crippen LogP contribution is -2.40. The molecule has 1 aliphatic carbocycles. The molecule has 19 heavy (non-hydrogen) atoms. The molecule has 106 valence electrons. The van der Waals surface area contributed by atoms with E-state index in [9.17, 15) is 8.78 Å². The van der Waals surface area contributed by atoms with Crippen molar-refractivity contribution in [2.24, 2.45) is 5.92 Å². The number of halogens is 2. The second-order valence-electron chi connectivity index (χ2n) is 5.09. The van der Waals surface area contributed by atoms with Gasteiger partial charge in [0, 0.05) is 12.1 Å². The van der Waals surface area contributed by atoms with E-state index in [1.807, 2.05) is 0 Å². The van der Waals surface area contributed by atoms with Crippen LogP contribution in [0.2, 0.25) is 0 Å². The maximum absolute atomic E-state index is 13.5. The Kier molecular flexibility index (Phi) is 5.14. The van der Waals surface area contributed by atoms with E-state index in [4.69, 9.17) is 4.74 Å². The highest BCUT2D eigenvalue weighted by atomic mass is 19.1. The van der Waals surface area contributed by atoms with Gasteiger partial charge >= 0.3 is 0 Å². The van der Waals surface area contributed by atoms with Crippen LogP contribution < -0.4 is 10.1 Å². The van der Waals surface area contributed by atoms with E-state index in [0.29, 0.717) is 12.5 Å². The Morgan fingerprint density at radius 1 is 1.32 bits per heavy atom. The first-order valence-corrected chi connectivity index (χ1v) is 7.02. The number of likely N-dealkylation sites (N-methyl/N-ethyl adjacent to an activating group) is 1. The van der Waals surface area contributed by atoms with Gasteiger partial charge in [0.1, 0.15) is 12.4 Å². The Labute approximate surface area is 113 Å². The molecule has 1 fully saturated rings. The molecule has 2 nitrogen and oxygen atoms in total. The summed E-state index contributed by atoms with van der Waals surface area (Å²) in [6.45, 7) is 3.36. The van der Waals surface area contributed by atoms with Gasteiger partial charge in [-0.3, -0.25) is 0 Å². The third-order valence-electron chi connectivity index (χ3n) is 3.75. The molecule has 4 heteroatoms. The monoisotopic (exact) mass is 269 g/mol. The molecule has 0 saturated heterocycles. The van der Waals surface area contributed by atoms with Gasteiger partial charge in [0.05, 0.1) is 0 Å². The molecule has 0 aliphatic heterocycles. The fourth-order valence-corrected chi connectivity index (χ4v) is 2.76. The van der Waals surface area contributed by atoms with Gasteiger partial charge in [-0.15, -0.1) is 0 Å². The number of hydrogen-bond acceptors (Lipinski definition) is 2. The number of nitrogens with one attached hydrogen (secondary N) is 1. The van der Waals surface area contributed by atoms with E-state index in [1.54, 1.807) is 0 Å². The molecule has 0 heterocycles. The smallest absolute Gasteiger partial charge is 0.167 e. The molecule has 1 atom stereocenters. The maximum Gasteiger partial charge on any atom is 0.167 e. The predicted molar refractivity (Wildman–Crippen MR) is 71.3 cm³/mol. The highest BCUT2D eigenvalue weighted by molar-refractivity contribution is 5.24. The molecular weight excluding hydrogens is 248 g/mol. The normalized spacial score (nSPS) is 17.6. The Morgan fingerprint density at radius 2 is 2.05 bits per heavy atom. The number of ether oxygens (including phenoxy) is 1. The van der Waals surface area contributed by atoms with Crippen LogP contribution in [0.15, 0.2) is 18.2 Å². The molecule has 1 aromatic rings. The average Bonchev–Trinajstić information content (AvgIpc) is 2.90. The van der Waals surface area contributed by atoms with Crippen molar-refractivity contribution >= 4 is 0 Å². The topological polar surface area (TPSA) is 21.3 Å². The molecule has 0 spiro atoms. The first-order chi connectivity index (χ1) is 9.20. The van der Waals surface area contributed by atoms with Gasteiger partial charge in [0.2, 0.25) is 0 Å². The summed E-state index contributed by atoms with van der Waals surface area (Å²) in [5.41, 5.74) is 0. The van der Waals surface area contributed by atoms with Gasteiger partial charge < -0.3 is 10.1 Å². The van der Waals surface area contributed by atoms with E-state index < -0.39 is 11.6 Å². The number of benzene rings is 1. The van der Waals surface area contributed by atoms with Crippen LogP contribution in [0.1, 0.15) is 32.6 Å². The summed E-state index contributed by atoms with van der Waals surface area (Å²) in [6, 6.07) is 3.67. The Morgan fingerprint density at radius 3 is 2.68 bits per heavy atom. The zero-order valence-corrected chi connectivity index (χ0v) is 11.3. The molecule has 1 saturated carbocycles. The molecule has 1 N–H and O–H groups in total. The third-order valence-corrected chi connectivity index (χ3v) is 3.75. The molecular formula is C15H21F2NO. The molecule has 1 aliphatic rings. The maximum atomic E-state index is 13.5. The third kappa shape index (κ3) is 3.90. The van der Waals surface area contributed by atoms with Gasteiger partial charge in [-0.2, -0.15) is 0 Å². The summed E-state index contributed by atoms with van der Waals surface area (Å²) in [5.74, 6) is -0.490. The zero-order valence-electron chi connectivity index (χ0n) is 11.3. The lowest BCUT2D eigenvalue weighted by Gasteiger charge is -2.24. The van der Waals surface area contributed by atoms with E-state index >= 15 is 0 Å². The fraction of sp³-hybridized carbons (Fsp3) is 0.600. The van der Waals surface area contributed by atoms with Gasteiger partial charge in [0.25, 0.3) is 0 Å². The van der Waals surface area contributed by atoms with Gasteiger partial charge in [-0.05, 0) is 37.4 Å². The Balaban J connectivity index is 1.93. The molecule has 0 bridgehead atoms. The Hall–Kier alpha value is -1.16. The highest BCUT2D eigenvalue weighted by Gasteiger charge is 2.25. The Bertz CT molecular complexity index is 405. The molecule has 0 amide bonds. The first kappa shape index (κ1) is 14.3. The van der Waals surface area contributed by atoms with Crippen LogP contribution in [-0.2, 0) is 0 Å². The summed E-state index contributed by atoms with van der Waals surface area (Å²) in [7, 11) is 0. The molecule has 0 radical (unpaired) electrons. The van der Waals surface area contributed by atoms with Gasteiger partial charge in [0.15, 0.2) is 11.6 Å². The summed E-state index contributed by atoms with van der Waals surface area (Å²) >= 11 is 0. The van der Waals surface area contributed by atoms with E-state index in [0.717, 1.165) is 12.6 Å². The highest BCUT2D eigenvalue weighted by Crippen LogP contribution is 2.28. The van der Waals surface area contributed by atoms with Gasteiger partial charge in [-0.1, -0.05) is 19.8 Å². The van der Waals surface area contributed by atoms with Crippen LogP contribution in [0, 0.1) is 17.6 Å². The van der Waals surface area contributed by atoms with Crippen LogP contribution in [-0.4, -0.2) is 19.2 Å². The zero-order chi connectivity index (χ0) is 13.7. The average molecular weight is 269 g/mol. The van der Waals surface area contributed by atoms with E-state index in [2.05, 4.69) is 12.2 Å². The van der Waals surface area contributed by atoms with Crippen molar-refractivity contribution < 1.29 is 13.5 Å². The van der Waals surface area contributed by atoms with Crippen LogP contribution in [0.25, 0.3) is 0 Å². The summed E-state index contributed by atoms with van der Waals surface area (Å²) in [4.78, 5) is 0. The van der Waals surface area contributed by atoms with Crippen LogP contribution in [0.5, 0.6) is 5.75 Å². The standard InChI is InChI=1S/C15H21F2NO/c1-2-18-14(11-5-3-4-6-11)10-19-15-8-7-12(16)9-13(15)17/h7-9,11,14,18H,2-6,10H2,1H3. The van der Waals surface area contributed by atoms with Crippen molar-refractivity contribution in [2.45, 2.75) is 38.6 Å². The first-order valence-electron chi connectivity index (χ1n) is 7.02. The largest absolute Gasteiger partial charge is 0.489 e. The summed E-state index contributed by atoms with van der Waals surface area (Å²) in [5, 5.41) is 3.40. The lowest BCUT2D eigenvalue weighted by atomic mass is 9.99. The van der Waals surface area contributed by atoms with Crippen molar-refractivity contribution in [1.29, 1.82) is 0 Å². The van der Waals surface area contributed by atoms with Crippen molar-refractivity contribution in [3.8, 4) is 5.75 Å². The number of hydrogen-bond donors (Lipinski definition) is 1. The second-order valence-corrected chi connectivity index (χ2v) is 5.09. The summed E-state index contributed by atoms with van der Waals surface area (Å²) in [6.07, 6.45) is 4.93. The van der Waals surface area contributed by atoms with Crippen molar-refractivity contribution in [2.75, 3.05) is 13.2 Å². The van der Waals surface area contributed by atoms with E-state index in [-0.39, 0.29) is 11.8 Å². The minimum Gasteiger partial charge on any atom is -0.489 e. The van der Waals surface area contributed by atoms with Crippen molar-refractivity contribution in [1.82, 2.24) is 5.32 Å². The SMILES string of the molecule is CCNC(COc1ccc(F)cc1F)C1CCCC1. The van der Waals surface area contributed by atoms with Crippen LogP contribution in [0.4, 0.5) is 8.78 Å². The van der Waals surface area contributed by atoms with Crippen LogP contribution in [0.3, 0.4) is 0 Å². The van der Waals surface area contributed by atoms with Crippen molar-refractivity contribution in [3.05, 3.63) is 29.8 Å². The van der Waals surface area contributed by atoms with E-state index in [1.165, 1.54) is 37.8 Å². The van der Waals surface area contributed by atoms with Crippen LogP contribution >= 0.6 is 0 Å². The van der Waals surface area contributed by atoms with Gasteiger partial charge in [-0.25, -0.2) is 8.78 Å². The molecule has 2 rings (SSSR count). The molecule has 0 aromatic heterocycles. The lowest BCUT2D eigenvalue weighted by molar-refractivity contribution is 0.212. The molecule has 1 aromatic carbocycles. The van der Waals surface area contributed by atoms with Crippen molar-refractivity contribution in [3.63, 3.8) is 0 Å². The number of rotatable bonds is 6. The summed E-state index contributed by atoms with van der Waals surface area (Å²) < 4.78 is 31.8. The fourth-order valence-electron chi connectivity index (χ4n) is 2.76. The second kappa shape index (κ2) is 6.85. The molecule has 1 unspecified atom stereocenters.